The maximum Gasteiger partial charge on any atom is 0.271 e. The van der Waals surface area contributed by atoms with Gasteiger partial charge in [0.2, 0.25) is 0 Å². The highest BCUT2D eigenvalue weighted by Gasteiger charge is 2.14. The molecule has 2 rings (SSSR count). The summed E-state index contributed by atoms with van der Waals surface area (Å²) in [5.41, 5.74) is 4.00. The second-order valence-electron chi connectivity index (χ2n) is 4.83. The first-order valence-corrected chi connectivity index (χ1v) is 6.26. The second kappa shape index (κ2) is 5.76. The molecule has 1 atom stereocenters. The van der Waals surface area contributed by atoms with E-state index in [4.69, 9.17) is 0 Å². The predicted molar refractivity (Wildman–Crippen MR) is 68.9 cm³/mol. The Morgan fingerprint density at radius 2 is 2.11 bits per heavy atom. The van der Waals surface area contributed by atoms with Crippen LogP contribution in [0.5, 0.6) is 0 Å². The molecule has 1 aromatic rings. The SMILES string of the molecule is CC1CCC/C(=N\NC(=O)c2ccc(F)cc2)C1. The third-order valence-electron chi connectivity index (χ3n) is 3.17. The first kappa shape index (κ1) is 12.7. The van der Waals surface area contributed by atoms with Crippen molar-refractivity contribution in [3.63, 3.8) is 0 Å². The molecular formula is C14H17FN2O. The van der Waals surface area contributed by atoms with Crippen LogP contribution in [0, 0.1) is 11.7 Å². The van der Waals surface area contributed by atoms with Crippen molar-refractivity contribution in [1.82, 2.24) is 5.43 Å². The summed E-state index contributed by atoms with van der Waals surface area (Å²) in [5.74, 6) is -0.0000752. The van der Waals surface area contributed by atoms with E-state index < -0.39 is 0 Å². The lowest BCUT2D eigenvalue weighted by Crippen LogP contribution is -2.22. The summed E-state index contributed by atoms with van der Waals surface area (Å²) in [5, 5.41) is 4.16. The maximum atomic E-state index is 12.7. The predicted octanol–water partition coefficient (Wildman–Crippen LogP) is 3.12. The van der Waals surface area contributed by atoms with E-state index in [2.05, 4.69) is 17.5 Å². The van der Waals surface area contributed by atoms with E-state index in [0.29, 0.717) is 11.5 Å². The number of hydrazone groups is 1. The van der Waals surface area contributed by atoms with Crippen molar-refractivity contribution in [2.75, 3.05) is 0 Å². The Morgan fingerprint density at radius 1 is 1.39 bits per heavy atom. The first-order valence-electron chi connectivity index (χ1n) is 6.26. The van der Waals surface area contributed by atoms with Crippen molar-refractivity contribution in [3.8, 4) is 0 Å². The normalized spacial score (nSPS) is 21.9. The second-order valence-corrected chi connectivity index (χ2v) is 4.83. The highest BCUT2D eigenvalue weighted by atomic mass is 19.1. The van der Waals surface area contributed by atoms with E-state index in [1.165, 1.54) is 30.7 Å². The van der Waals surface area contributed by atoms with Crippen molar-refractivity contribution in [2.45, 2.75) is 32.6 Å². The van der Waals surface area contributed by atoms with Gasteiger partial charge in [0.15, 0.2) is 0 Å². The summed E-state index contributed by atoms with van der Waals surface area (Å²) in [6.45, 7) is 2.19. The van der Waals surface area contributed by atoms with Gasteiger partial charge in [-0.3, -0.25) is 4.79 Å². The first-order chi connectivity index (χ1) is 8.65. The zero-order valence-electron chi connectivity index (χ0n) is 10.4. The zero-order valence-corrected chi connectivity index (χ0v) is 10.4. The molecule has 1 unspecified atom stereocenters. The summed E-state index contributed by atoms with van der Waals surface area (Å²) in [4.78, 5) is 11.7. The number of hydrogen-bond acceptors (Lipinski definition) is 2. The monoisotopic (exact) mass is 248 g/mol. The van der Waals surface area contributed by atoms with E-state index >= 15 is 0 Å². The van der Waals surface area contributed by atoms with Crippen LogP contribution >= 0.6 is 0 Å². The van der Waals surface area contributed by atoms with E-state index in [1.54, 1.807) is 0 Å². The number of halogens is 1. The molecular weight excluding hydrogens is 231 g/mol. The molecule has 0 aromatic heterocycles. The van der Waals surface area contributed by atoms with Crippen LogP contribution in [-0.2, 0) is 0 Å². The van der Waals surface area contributed by atoms with Gasteiger partial charge in [-0.1, -0.05) is 6.92 Å². The van der Waals surface area contributed by atoms with Crippen LogP contribution in [-0.4, -0.2) is 11.6 Å². The average Bonchev–Trinajstić information content (AvgIpc) is 2.37. The molecule has 0 saturated heterocycles. The van der Waals surface area contributed by atoms with Gasteiger partial charge in [0.05, 0.1) is 0 Å². The van der Waals surface area contributed by atoms with Crippen LogP contribution in [0.15, 0.2) is 29.4 Å². The Labute approximate surface area is 106 Å². The summed E-state index contributed by atoms with van der Waals surface area (Å²) in [6.07, 6.45) is 4.26. The zero-order chi connectivity index (χ0) is 13.0. The van der Waals surface area contributed by atoms with Crippen LogP contribution in [0.3, 0.4) is 0 Å². The van der Waals surface area contributed by atoms with Crippen molar-refractivity contribution in [3.05, 3.63) is 35.6 Å². The Bertz CT molecular complexity index is 453. The standard InChI is InChI=1S/C14H17FN2O/c1-10-3-2-4-13(9-10)16-17-14(18)11-5-7-12(15)8-6-11/h5-8,10H,2-4,9H2,1H3,(H,17,18)/b16-13+. The van der Waals surface area contributed by atoms with Crippen LogP contribution in [0.25, 0.3) is 0 Å². The highest BCUT2D eigenvalue weighted by molar-refractivity contribution is 5.95. The Morgan fingerprint density at radius 3 is 2.78 bits per heavy atom. The van der Waals surface area contributed by atoms with Gasteiger partial charge in [-0.15, -0.1) is 0 Å². The Hall–Kier alpha value is -1.71. The fourth-order valence-corrected chi connectivity index (χ4v) is 2.16. The van der Waals surface area contributed by atoms with Gasteiger partial charge in [-0.25, -0.2) is 9.82 Å². The Kier molecular flexibility index (Phi) is 4.07. The van der Waals surface area contributed by atoms with Crippen molar-refractivity contribution in [1.29, 1.82) is 0 Å². The molecule has 1 saturated carbocycles. The maximum absolute atomic E-state index is 12.7. The number of rotatable bonds is 2. The smallest absolute Gasteiger partial charge is 0.267 e. The molecule has 1 fully saturated rings. The lowest BCUT2D eigenvalue weighted by atomic mass is 9.89. The van der Waals surface area contributed by atoms with Gasteiger partial charge in [0, 0.05) is 11.3 Å². The fourth-order valence-electron chi connectivity index (χ4n) is 2.16. The molecule has 1 N–H and O–H groups in total. The van der Waals surface area contributed by atoms with E-state index in [9.17, 15) is 9.18 Å². The molecule has 1 aliphatic rings. The number of nitrogens with zero attached hydrogens (tertiary/aromatic N) is 1. The molecule has 96 valence electrons. The number of hydrogen-bond donors (Lipinski definition) is 1. The molecule has 3 nitrogen and oxygen atoms in total. The lowest BCUT2D eigenvalue weighted by Gasteiger charge is -2.18. The minimum atomic E-state index is -0.348. The number of amides is 1. The molecule has 1 aliphatic carbocycles. The Balaban J connectivity index is 1.95. The third-order valence-corrected chi connectivity index (χ3v) is 3.17. The van der Waals surface area contributed by atoms with E-state index in [0.717, 1.165) is 25.0 Å². The van der Waals surface area contributed by atoms with Gasteiger partial charge in [0.1, 0.15) is 5.82 Å². The van der Waals surface area contributed by atoms with Gasteiger partial charge >= 0.3 is 0 Å². The third kappa shape index (κ3) is 3.39. The van der Waals surface area contributed by atoms with Crippen molar-refractivity contribution >= 4 is 11.6 Å². The molecule has 0 heterocycles. The van der Waals surface area contributed by atoms with Crippen LogP contribution in [0.2, 0.25) is 0 Å². The molecule has 1 amide bonds. The summed E-state index contributed by atoms with van der Waals surface area (Å²) in [6, 6.07) is 5.44. The van der Waals surface area contributed by atoms with E-state index in [-0.39, 0.29) is 11.7 Å². The molecule has 0 bridgehead atoms. The summed E-state index contributed by atoms with van der Waals surface area (Å²) < 4.78 is 12.7. The molecule has 0 spiro atoms. The summed E-state index contributed by atoms with van der Waals surface area (Å²) >= 11 is 0. The largest absolute Gasteiger partial charge is 0.271 e. The minimum absolute atomic E-state index is 0.291. The lowest BCUT2D eigenvalue weighted by molar-refractivity contribution is 0.0954. The quantitative estimate of drug-likeness (QED) is 0.803. The van der Waals surface area contributed by atoms with Crippen molar-refractivity contribution < 1.29 is 9.18 Å². The number of carbonyl (C=O) groups excluding carboxylic acids is 1. The van der Waals surface area contributed by atoms with Crippen LogP contribution in [0.1, 0.15) is 43.0 Å². The van der Waals surface area contributed by atoms with Gasteiger partial charge < -0.3 is 0 Å². The molecule has 0 aliphatic heterocycles. The van der Waals surface area contributed by atoms with Gasteiger partial charge in [-0.05, 0) is 55.9 Å². The molecule has 0 radical (unpaired) electrons. The number of nitrogens with one attached hydrogen (secondary N) is 1. The fraction of sp³-hybridized carbons (Fsp3) is 0.429. The van der Waals surface area contributed by atoms with Gasteiger partial charge in [-0.2, -0.15) is 5.10 Å². The highest BCUT2D eigenvalue weighted by Crippen LogP contribution is 2.20. The minimum Gasteiger partial charge on any atom is -0.267 e. The van der Waals surface area contributed by atoms with Crippen LogP contribution in [0.4, 0.5) is 4.39 Å². The number of carbonyl (C=O) groups is 1. The topological polar surface area (TPSA) is 41.5 Å². The number of benzene rings is 1. The van der Waals surface area contributed by atoms with Gasteiger partial charge in [0.25, 0.3) is 5.91 Å². The van der Waals surface area contributed by atoms with Crippen LogP contribution < -0.4 is 5.43 Å². The molecule has 18 heavy (non-hydrogen) atoms. The average molecular weight is 248 g/mol. The van der Waals surface area contributed by atoms with Crippen molar-refractivity contribution in [2.24, 2.45) is 11.0 Å². The van der Waals surface area contributed by atoms with E-state index in [1.807, 2.05) is 0 Å². The molecule has 1 aromatic carbocycles. The summed E-state index contributed by atoms with van der Waals surface area (Å²) in [7, 11) is 0. The molecule has 4 heteroatoms.